The number of thioether (sulfide) groups is 1. The molecule has 2 aliphatic rings. The average Bonchev–Trinajstić information content (AvgIpc) is 2.60. The summed E-state index contributed by atoms with van der Waals surface area (Å²) in [6.45, 7) is 2.63. The summed E-state index contributed by atoms with van der Waals surface area (Å²) < 4.78 is 0. The zero-order chi connectivity index (χ0) is 7.68. The van der Waals surface area contributed by atoms with E-state index in [4.69, 9.17) is 0 Å². The lowest BCUT2D eigenvalue weighted by Crippen LogP contribution is -2.34. The molecule has 2 unspecified atom stereocenters. The molecule has 2 aliphatic heterocycles. The van der Waals surface area contributed by atoms with Crippen molar-refractivity contribution in [3.63, 3.8) is 0 Å². The quantitative estimate of drug-likeness (QED) is 0.670. The van der Waals surface area contributed by atoms with Crippen LogP contribution in [0.15, 0.2) is 0 Å². The van der Waals surface area contributed by atoms with Crippen LogP contribution in [-0.4, -0.2) is 40.8 Å². The van der Waals surface area contributed by atoms with Crippen molar-refractivity contribution in [2.75, 3.05) is 24.6 Å². The van der Waals surface area contributed by atoms with E-state index in [1.807, 2.05) is 0 Å². The normalized spacial score (nSPS) is 36.8. The lowest BCUT2D eigenvalue weighted by molar-refractivity contribution is 0.271. The van der Waals surface area contributed by atoms with Gasteiger partial charge >= 0.3 is 0 Å². The minimum absolute atomic E-state index is 0.921. The van der Waals surface area contributed by atoms with Gasteiger partial charge in [-0.15, -0.1) is 0 Å². The van der Waals surface area contributed by atoms with Gasteiger partial charge in [0.05, 0.1) is 0 Å². The molecular formula is C8H15NS2. The molecule has 0 spiro atoms. The topological polar surface area (TPSA) is 3.24 Å². The van der Waals surface area contributed by atoms with E-state index in [1.54, 1.807) is 0 Å². The van der Waals surface area contributed by atoms with E-state index in [0.717, 1.165) is 17.0 Å². The SMILES string of the molecule is SCCCN1CC2CC1CS2. The first-order chi connectivity index (χ1) is 5.40. The van der Waals surface area contributed by atoms with Gasteiger partial charge in [-0.1, -0.05) is 0 Å². The fraction of sp³-hybridized carbons (Fsp3) is 1.00. The monoisotopic (exact) mass is 189 g/mol. The van der Waals surface area contributed by atoms with Crippen LogP contribution in [-0.2, 0) is 0 Å². The van der Waals surface area contributed by atoms with Crippen LogP contribution in [0.3, 0.4) is 0 Å². The molecule has 2 saturated heterocycles. The Labute approximate surface area is 78.3 Å². The molecule has 1 nitrogen and oxygen atoms in total. The highest BCUT2D eigenvalue weighted by Crippen LogP contribution is 2.37. The highest BCUT2D eigenvalue weighted by Gasteiger charge is 2.37. The summed E-state index contributed by atoms with van der Waals surface area (Å²) in [4.78, 5) is 2.65. The summed E-state index contributed by atoms with van der Waals surface area (Å²) in [5, 5.41) is 0.972. The second-order valence-electron chi connectivity index (χ2n) is 3.42. The lowest BCUT2D eigenvalue weighted by Gasteiger charge is -2.25. The highest BCUT2D eigenvalue weighted by molar-refractivity contribution is 8.00. The molecule has 2 atom stereocenters. The van der Waals surface area contributed by atoms with Crippen molar-refractivity contribution in [3.05, 3.63) is 0 Å². The predicted octanol–water partition coefficient (Wildman–Crippen LogP) is 1.50. The van der Waals surface area contributed by atoms with Gasteiger partial charge in [-0.25, -0.2) is 0 Å². The fourth-order valence-electron chi connectivity index (χ4n) is 2.03. The fourth-order valence-corrected chi connectivity index (χ4v) is 3.66. The summed E-state index contributed by atoms with van der Waals surface area (Å²) in [5.74, 6) is 2.43. The van der Waals surface area contributed by atoms with Crippen LogP contribution >= 0.6 is 24.4 Å². The molecule has 2 bridgehead atoms. The number of hydrogen-bond acceptors (Lipinski definition) is 3. The van der Waals surface area contributed by atoms with Crippen LogP contribution < -0.4 is 0 Å². The Hall–Kier alpha value is 0.660. The summed E-state index contributed by atoms with van der Waals surface area (Å²) in [5.41, 5.74) is 0. The Morgan fingerprint density at radius 1 is 1.55 bits per heavy atom. The smallest absolute Gasteiger partial charge is 0.0197 e. The standard InChI is InChI=1S/C8H15NS2/c10-3-1-2-9-5-8-4-7(9)6-11-8/h7-8,10H,1-6H2. The molecule has 2 rings (SSSR count). The van der Waals surface area contributed by atoms with E-state index in [2.05, 4.69) is 29.3 Å². The molecule has 11 heavy (non-hydrogen) atoms. The van der Waals surface area contributed by atoms with E-state index < -0.39 is 0 Å². The van der Waals surface area contributed by atoms with Crippen LogP contribution in [0.5, 0.6) is 0 Å². The lowest BCUT2D eigenvalue weighted by atomic mass is 10.2. The van der Waals surface area contributed by atoms with Gasteiger partial charge in [0.15, 0.2) is 0 Å². The van der Waals surface area contributed by atoms with Gasteiger partial charge in [-0.3, -0.25) is 4.90 Å². The van der Waals surface area contributed by atoms with Crippen LogP contribution in [0.1, 0.15) is 12.8 Å². The van der Waals surface area contributed by atoms with Crippen molar-refractivity contribution < 1.29 is 0 Å². The molecule has 0 aliphatic carbocycles. The summed E-state index contributed by atoms with van der Waals surface area (Å²) in [6, 6.07) is 0.921. The third-order valence-corrected chi connectivity index (χ3v) is 4.32. The van der Waals surface area contributed by atoms with Crippen molar-refractivity contribution in [3.8, 4) is 0 Å². The number of rotatable bonds is 3. The average molecular weight is 189 g/mol. The van der Waals surface area contributed by atoms with Crippen LogP contribution in [0.25, 0.3) is 0 Å². The Bertz CT molecular complexity index is 140. The Morgan fingerprint density at radius 3 is 3.00 bits per heavy atom. The number of fused-ring (bicyclic) bond motifs is 2. The second-order valence-corrected chi connectivity index (χ2v) is 5.20. The van der Waals surface area contributed by atoms with E-state index in [9.17, 15) is 0 Å². The minimum Gasteiger partial charge on any atom is -0.298 e. The van der Waals surface area contributed by atoms with Crippen LogP contribution in [0.2, 0.25) is 0 Å². The Morgan fingerprint density at radius 2 is 2.45 bits per heavy atom. The van der Waals surface area contributed by atoms with Crippen molar-refractivity contribution in [2.45, 2.75) is 24.1 Å². The van der Waals surface area contributed by atoms with Gasteiger partial charge in [0.1, 0.15) is 0 Å². The van der Waals surface area contributed by atoms with E-state index in [0.29, 0.717) is 0 Å². The first kappa shape index (κ1) is 8.27. The molecule has 0 aromatic heterocycles. The van der Waals surface area contributed by atoms with Gasteiger partial charge < -0.3 is 0 Å². The maximum absolute atomic E-state index is 4.23. The molecule has 0 aromatic rings. The highest BCUT2D eigenvalue weighted by atomic mass is 32.2. The Kier molecular flexibility index (Phi) is 2.69. The first-order valence-electron chi connectivity index (χ1n) is 4.36. The van der Waals surface area contributed by atoms with Gasteiger partial charge in [-0.2, -0.15) is 24.4 Å². The van der Waals surface area contributed by atoms with Crippen molar-refractivity contribution in [1.82, 2.24) is 4.90 Å². The predicted molar refractivity (Wildman–Crippen MR) is 54.7 cm³/mol. The zero-order valence-electron chi connectivity index (χ0n) is 6.70. The zero-order valence-corrected chi connectivity index (χ0v) is 8.41. The molecule has 2 heterocycles. The van der Waals surface area contributed by atoms with Gasteiger partial charge in [0.2, 0.25) is 0 Å². The van der Waals surface area contributed by atoms with Crippen LogP contribution in [0, 0.1) is 0 Å². The minimum atomic E-state index is 0.921. The molecule has 0 aromatic carbocycles. The summed E-state index contributed by atoms with van der Waals surface area (Å²) in [6.07, 6.45) is 2.72. The molecule has 0 saturated carbocycles. The van der Waals surface area contributed by atoms with Gasteiger partial charge in [-0.05, 0) is 25.1 Å². The number of hydrogen-bond donors (Lipinski definition) is 1. The third kappa shape index (κ3) is 1.70. The first-order valence-corrected chi connectivity index (χ1v) is 6.05. The van der Waals surface area contributed by atoms with Crippen molar-refractivity contribution in [1.29, 1.82) is 0 Å². The molecule has 0 N–H and O–H groups in total. The second kappa shape index (κ2) is 3.58. The van der Waals surface area contributed by atoms with Crippen molar-refractivity contribution >= 4 is 24.4 Å². The molecule has 3 heteroatoms. The van der Waals surface area contributed by atoms with Crippen LogP contribution in [0.4, 0.5) is 0 Å². The molecule has 2 fully saturated rings. The maximum Gasteiger partial charge on any atom is 0.0197 e. The van der Waals surface area contributed by atoms with Gasteiger partial charge in [0, 0.05) is 23.6 Å². The van der Waals surface area contributed by atoms with E-state index in [1.165, 1.54) is 31.7 Å². The largest absolute Gasteiger partial charge is 0.298 e. The Balaban J connectivity index is 1.78. The summed E-state index contributed by atoms with van der Waals surface area (Å²) >= 11 is 6.40. The maximum atomic E-state index is 4.23. The molecule has 0 radical (unpaired) electrons. The van der Waals surface area contributed by atoms with E-state index >= 15 is 0 Å². The number of likely N-dealkylation sites (tertiary alicyclic amines) is 1. The number of thiol groups is 1. The van der Waals surface area contributed by atoms with Gasteiger partial charge in [0.25, 0.3) is 0 Å². The van der Waals surface area contributed by atoms with Crippen molar-refractivity contribution in [2.24, 2.45) is 0 Å². The van der Waals surface area contributed by atoms with E-state index in [-0.39, 0.29) is 0 Å². The molecule has 64 valence electrons. The number of nitrogens with zero attached hydrogens (tertiary/aromatic N) is 1. The third-order valence-electron chi connectivity index (χ3n) is 2.62. The summed E-state index contributed by atoms with van der Waals surface area (Å²) in [7, 11) is 0. The molecular weight excluding hydrogens is 174 g/mol. The molecule has 0 amide bonds.